The fraction of sp³-hybridized carbons (Fsp3) is 0. The zero-order chi connectivity index (χ0) is 15.8. The molecule has 3 N–H and O–H groups in total. The Labute approximate surface area is 134 Å². The first-order valence-corrected chi connectivity index (χ1v) is 7.70. The summed E-state index contributed by atoms with van der Waals surface area (Å²) in [5.41, 5.74) is 7.89. The summed E-state index contributed by atoms with van der Waals surface area (Å²) < 4.78 is 19.6. The highest BCUT2D eigenvalue weighted by molar-refractivity contribution is 7.13. The molecule has 0 fully saturated rings. The molecular formula is C16H11FN4OS. The number of benzene rings is 1. The van der Waals surface area contributed by atoms with Gasteiger partial charge in [-0.3, -0.25) is 0 Å². The minimum Gasteiger partial charge on any atom is -0.453 e. The molecule has 0 aliphatic carbocycles. The number of aromatic nitrogens is 3. The second-order valence-electron chi connectivity index (χ2n) is 4.84. The maximum atomic E-state index is 13.9. The van der Waals surface area contributed by atoms with Gasteiger partial charge in [0.15, 0.2) is 16.7 Å². The molecule has 5 nitrogen and oxygen atoms in total. The van der Waals surface area contributed by atoms with Crippen LogP contribution in [0, 0.1) is 5.82 Å². The molecule has 114 valence electrons. The Bertz CT molecular complexity index is 995. The Balaban J connectivity index is 1.87. The number of hydrogen-bond donors (Lipinski definition) is 2. The number of nitrogens with one attached hydrogen (secondary N) is 1. The monoisotopic (exact) mass is 326 g/mol. The normalized spacial score (nSPS) is 11.0. The number of nitrogen functional groups attached to an aromatic ring is 1. The van der Waals surface area contributed by atoms with E-state index in [9.17, 15) is 4.39 Å². The van der Waals surface area contributed by atoms with Crippen LogP contribution in [0.3, 0.4) is 0 Å². The van der Waals surface area contributed by atoms with Crippen LogP contribution in [-0.4, -0.2) is 15.0 Å². The third kappa shape index (κ3) is 2.40. The summed E-state index contributed by atoms with van der Waals surface area (Å²) in [7, 11) is 0. The molecule has 0 unspecified atom stereocenters. The molecule has 4 rings (SSSR count). The number of aromatic amines is 1. The number of pyridine rings is 1. The van der Waals surface area contributed by atoms with E-state index in [0.717, 1.165) is 16.6 Å². The first-order chi connectivity index (χ1) is 11.2. The second-order valence-corrected chi connectivity index (χ2v) is 5.73. The lowest BCUT2D eigenvalue weighted by Gasteiger charge is -2.08. The number of anilines is 1. The summed E-state index contributed by atoms with van der Waals surface area (Å²) >= 11 is 1.36. The van der Waals surface area contributed by atoms with Gasteiger partial charge in [0.05, 0.1) is 11.1 Å². The third-order valence-electron chi connectivity index (χ3n) is 3.39. The van der Waals surface area contributed by atoms with Gasteiger partial charge in [-0.25, -0.2) is 14.4 Å². The summed E-state index contributed by atoms with van der Waals surface area (Å²) in [5.74, 6) is 0.236. The van der Waals surface area contributed by atoms with Crippen molar-refractivity contribution in [2.24, 2.45) is 0 Å². The van der Waals surface area contributed by atoms with Crippen LogP contribution >= 0.6 is 11.3 Å². The van der Waals surface area contributed by atoms with Gasteiger partial charge in [0.2, 0.25) is 0 Å². The zero-order valence-electron chi connectivity index (χ0n) is 11.8. The van der Waals surface area contributed by atoms with E-state index in [4.69, 9.17) is 10.5 Å². The molecule has 7 heteroatoms. The molecule has 0 saturated carbocycles. The van der Waals surface area contributed by atoms with Gasteiger partial charge in [-0.1, -0.05) is 12.1 Å². The van der Waals surface area contributed by atoms with Crippen molar-refractivity contribution in [1.29, 1.82) is 0 Å². The number of nitrogens with two attached hydrogens (primary N) is 1. The van der Waals surface area contributed by atoms with Crippen molar-refractivity contribution in [2.75, 3.05) is 5.73 Å². The van der Waals surface area contributed by atoms with Gasteiger partial charge >= 0.3 is 0 Å². The van der Waals surface area contributed by atoms with Crippen molar-refractivity contribution in [2.45, 2.75) is 0 Å². The number of ether oxygens (including phenoxy) is 1. The van der Waals surface area contributed by atoms with Crippen LogP contribution < -0.4 is 10.5 Å². The van der Waals surface area contributed by atoms with Gasteiger partial charge in [-0.15, -0.1) is 11.3 Å². The molecule has 0 radical (unpaired) electrons. The largest absolute Gasteiger partial charge is 0.453 e. The highest BCUT2D eigenvalue weighted by atomic mass is 32.1. The van der Waals surface area contributed by atoms with E-state index < -0.39 is 5.82 Å². The zero-order valence-corrected chi connectivity index (χ0v) is 12.6. The number of nitrogens with zero attached hydrogens (tertiary/aromatic N) is 2. The fourth-order valence-corrected chi connectivity index (χ4v) is 2.93. The molecule has 0 spiro atoms. The van der Waals surface area contributed by atoms with Gasteiger partial charge in [-0.05, 0) is 18.2 Å². The van der Waals surface area contributed by atoms with Gasteiger partial charge in [-0.2, -0.15) is 0 Å². The predicted octanol–water partition coefficient (Wildman–Crippen LogP) is 4.20. The van der Waals surface area contributed by atoms with Crippen LogP contribution in [0.2, 0.25) is 0 Å². The minimum atomic E-state index is -0.424. The molecule has 3 heterocycles. The minimum absolute atomic E-state index is 0.157. The van der Waals surface area contributed by atoms with Crippen molar-refractivity contribution in [1.82, 2.24) is 15.0 Å². The Morgan fingerprint density at radius 1 is 1.17 bits per heavy atom. The van der Waals surface area contributed by atoms with E-state index in [-0.39, 0.29) is 5.75 Å². The lowest BCUT2D eigenvalue weighted by Crippen LogP contribution is -1.90. The average Bonchev–Trinajstić information content (AvgIpc) is 3.16. The maximum Gasteiger partial charge on any atom is 0.180 e. The van der Waals surface area contributed by atoms with Crippen molar-refractivity contribution >= 4 is 27.5 Å². The molecule has 0 bridgehead atoms. The van der Waals surface area contributed by atoms with Gasteiger partial charge < -0.3 is 15.5 Å². The number of para-hydroxylation sites is 1. The van der Waals surface area contributed by atoms with Crippen molar-refractivity contribution in [3.8, 4) is 22.8 Å². The van der Waals surface area contributed by atoms with Gasteiger partial charge in [0, 0.05) is 23.3 Å². The molecular weight excluding hydrogens is 315 g/mol. The summed E-state index contributed by atoms with van der Waals surface area (Å²) in [6.45, 7) is 0. The Morgan fingerprint density at radius 2 is 2.04 bits per heavy atom. The third-order valence-corrected chi connectivity index (χ3v) is 4.06. The van der Waals surface area contributed by atoms with E-state index in [0.29, 0.717) is 16.5 Å². The van der Waals surface area contributed by atoms with E-state index in [1.807, 2.05) is 5.38 Å². The van der Waals surface area contributed by atoms with Gasteiger partial charge in [0.25, 0.3) is 0 Å². The van der Waals surface area contributed by atoms with Crippen molar-refractivity contribution in [3.63, 3.8) is 0 Å². The number of H-pyrrole nitrogens is 1. The molecule has 23 heavy (non-hydrogen) atoms. The van der Waals surface area contributed by atoms with E-state index >= 15 is 0 Å². The fourth-order valence-electron chi connectivity index (χ4n) is 2.37. The van der Waals surface area contributed by atoms with E-state index in [2.05, 4.69) is 15.0 Å². The average molecular weight is 326 g/mol. The quantitative estimate of drug-likeness (QED) is 0.591. The predicted molar refractivity (Wildman–Crippen MR) is 88.1 cm³/mol. The Morgan fingerprint density at radius 3 is 2.83 bits per heavy atom. The smallest absolute Gasteiger partial charge is 0.180 e. The number of thiazole rings is 1. The summed E-state index contributed by atoms with van der Waals surface area (Å²) in [6, 6.07) is 7.96. The van der Waals surface area contributed by atoms with E-state index in [1.165, 1.54) is 17.4 Å². The molecule has 0 aliphatic heterocycles. The molecule has 3 aromatic heterocycles. The van der Waals surface area contributed by atoms with Crippen molar-refractivity contribution < 1.29 is 9.13 Å². The summed E-state index contributed by atoms with van der Waals surface area (Å²) in [6.07, 6.45) is 3.40. The lowest BCUT2D eigenvalue weighted by molar-refractivity contribution is 0.446. The van der Waals surface area contributed by atoms with Crippen LogP contribution in [0.5, 0.6) is 11.5 Å². The Kier molecular flexibility index (Phi) is 3.20. The van der Waals surface area contributed by atoms with Crippen molar-refractivity contribution in [3.05, 3.63) is 53.9 Å². The number of rotatable bonds is 3. The number of hydrogen-bond acceptors (Lipinski definition) is 5. The Hall–Kier alpha value is -2.93. The SMILES string of the molecule is Nc1nc(-c2c[nH]c3nccc(Oc4ccccc4F)c23)cs1. The highest BCUT2D eigenvalue weighted by Gasteiger charge is 2.16. The molecule has 0 saturated heterocycles. The second kappa shape index (κ2) is 5.36. The van der Waals surface area contributed by atoms with Gasteiger partial charge in [0.1, 0.15) is 11.4 Å². The maximum absolute atomic E-state index is 13.9. The molecule has 1 aromatic carbocycles. The lowest BCUT2D eigenvalue weighted by atomic mass is 10.1. The molecule has 0 atom stereocenters. The standard InChI is InChI=1S/C16H11FN4OS/c17-10-3-1-2-4-12(10)22-13-5-6-19-15-14(13)9(7-20-15)11-8-23-16(18)21-11/h1-8H,(H2,18,21)(H,19,20). The molecule has 0 aliphatic rings. The molecule has 4 aromatic rings. The van der Waals surface area contributed by atoms with Crippen LogP contribution in [0.4, 0.5) is 9.52 Å². The van der Waals surface area contributed by atoms with Crippen LogP contribution in [0.1, 0.15) is 0 Å². The van der Waals surface area contributed by atoms with Crippen LogP contribution in [0.25, 0.3) is 22.3 Å². The first kappa shape index (κ1) is 13.7. The van der Waals surface area contributed by atoms with Crippen LogP contribution in [-0.2, 0) is 0 Å². The summed E-state index contributed by atoms with van der Waals surface area (Å²) in [4.78, 5) is 11.6. The van der Waals surface area contributed by atoms with Crippen LogP contribution in [0.15, 0.2) is 48.1 Å². The summed E-state index contributed by atoms with van der Waals surface area (Å²) in [5, 5.41) is 3.08. The topological polar surface area (TPSA) is 76.8 Å². The van der Waals surface area contributed by atoms with E-state index in [1.54, 1.807) is 36.7 Å². The number of halogens is 1. The highest BCUT2D eigenvalue weighted by Crippen LogP contribution is 2.37. The first-order valence-electron chi connectivity index (χ1n) is 6.82. The molecule has 0 amide bonds. The number of fused-ring (bicyclic) bond motifs is 1.